The molecule has 25 heavy (non-hydrogen) atoms. The molecule has 3 aromatic carbocycles. The number of hydrogen-bond acceptors (Lipinski definition) is 3. The zero-order valence-electron chi connectivity index (χ0n) is 13.5. The lowest BCUT2D eigenvalue weighted by molar-refractivity contribution is 0.0695. The zero-order chi connectivity index (χ0) is 18.4. The normalized spacial score (nSPS) is 9.80. The van der Waals surface area contributed by atoms with Gasteiger partial charge >= 0.3 is 11.9 Å². The van der Waals surface area contributed by atoms with Crippen LogP contribution in [0.5, 0.6) is 0 Å². The molecule has 3 aromatic rings. The molecule has 0 aliphatic carbocycles. The van der Waals surface area contributed by atoms with Gasteiger partial charge in [0, 0.05) is 5.56 Å². The number of aldehydes is 1. The van der Waals surface area contributed by atoms with Crippen LogP contribution in [-0.4, -0.2) is 28.4 Å². The van der Waals surface area contributed by atoms with Crippen molar-refractivity contribution in [3.8, 4) is 0 Å². The van der Waals surface area contributed by atoms with E-state index in [2.05, 4.69) is 0 Å². The van der Waals surface area contributed by atoms with E-state index in [1.807, 2.05) is 42.5 Å². The summed E-state index contributed by atoms with van der Waals surface area (Å²) in [7, 11) is 0. The van der Waals surface area contributed by atoms with Crippen molar-refractivity contribution in [3.05, 3.63) is 82.9 Å². The molecule has 0 fully saturated rings. The van der Waals surface area contributed by atoms with E-state index in [-0.39, 0.29) is 11.1 Å². The van der Waals surface area contributed by atoms with Crippen LogP contribution in [-0.2, 0) is 0 Å². The van der Waals surface area contributed by atoms with Crippen molar-refractivity contribution in [3.63, 3.8) is 0 Å². The van der Waals surface area contributed by atoms with Crippen LogP contribution >= 0.6 is 0 Å². The Morgan fingerprint density at radius 1 is 0.880 bits per heavy atom. The Bertz CT molecular complexity index is 938. The van der Waals surface area contributed by atoms with Crippen molar-refractivity contribution in [2.45, 2.75) is 6.92 Å². The number of hydrogen-bond donors (Lipinski definition) is 2. The molecule has 0 radical (unpaired) electrons. The fraction of sp³-hybridized carbons (Fsp3) is 0.0500. The quantitative estimate of drug-likeness (QED) is 0.704. The van der Waals surface area contributed by atoms with E-state index in [1.165, 1.54) is 12.1 Å². The summed E-state index contributed by atoms with van der Waals surface area (Å²) in [6.07, 6.45) is 0.891. The fourth-order valence-electron chi connectivity index (χ4n) is 2.34. The highest BCUT2D eigenvalue weighted by molar-refractivity contribution is 5.98. The Hall–Kier alpha value is -3.47. The maximum absolute atomic E-state index is 10.6. The first-order chi connectivity index (χ1) is 11.9. The molecule has 3 rings (SSSR count). The summed E-state index contributed by atoms with van der Waals surface area (Å²) in [6, 6.07) is 17.6. The molecule has 0 bridgehead atoms. The van der Waals surface area contributed by atoms with Crippen LogP contribution in [0.2, 0.25) is 0 Å². The third-order valence-corrected chi connectivity index (χ3v) is 3.67. The first-order valence-electron chi connectivity index (χ1n) is 7.44. The average Bonchev–Trinajstić information content (AvgIpc) is 2.61. The number of carbonyl (C=O) groups excluding carboxylic acids is 1. The molecule has 2 N–H and O–H groups in total. The van der Waals surface area contributed by atoms with Crippen LogP contribution in [0.4, 0.5) is 0 Å². The van der Waals surface area contributed by atoms with Gasteiger partial charge in [0.25, 0.3) is 0 Å². The molecule has 0 unspecified atom stereocenters. The molecule has 0 spiro atoms. The summed E-state index contributed by atoms with van der Waals surface area (Å²) in [5.41, 5.74) is 1.33. The van der Waals surface area contributed by atoms with Crippen LogP contribution in [0.1, 0.15) is 36.6 Å². The second-order valence-corrected chi connectivity index (χ2v) is 5.33. The molecular formula is C20H16O5. The number of carbonyl (C=O) groups is 3. The topological polar surface area (TPSA) is 91.7 Å². The first-order valence-corrected chi connectivity index (χ1v) is 7.44. The minimum atomic E-state index is -1.12. The summed E-state index contributed by atoms with van der Waals surface area (Å²) in [4.78, 5) is 31.7. The predicted molar refractivity (Wildman–Crippen MR) is 94.4 cm³/mol. The summed E-state index contributed by atoms with van der Waals surface area (Å²) < 4.78 is 0. The predicted octanol–water partition coefficient (Wildman–Crippen LogP) is 4.04. The second kappa shape index (κ2) is 7.88. The molecular weight excluding hydrogens is 320 g/mol. The molecule has 0 saturated heterocycles. The van der Waals surface area contributed by atoms with E-state index in [9.17, 15) is 14.4 Å². The number of benzene rings is 3. The number of aryl methyl sites for hydroxylation is 1. The minimum Gasteiger partial charge on any atom is -0.478 e. The van der Waals surface area contributed by atoms with Gasteiger partial charge in [0.15, 0.2) is 6.29 Å². The molecule has 126 valence electrons. The lowest BCUT2D eigenvalue weighted by Gasteiger charge is -2.01. The van der Waals surface area contributed by atoms with Crippen molar-refractivity contribution in [1.82, 2.24) is 0 Å². The van der Waals surface area contributed by atoms with Gasteiger partial charge in [-0.1, -0.05) is 48.5 Å². The number of carboxylic acid groups (broad SMARTS) is 2. The maximum Gasteiger partial charge on any atom is 0.335 e. The van der Waals surface area contributed by atoms with E-state index in [0.29, 0.717) is 5.56 Å². The first kappa shape index (κ1) is 17.9. The molecule has 0 atom stereocenters. The molecule has 5 nitrogen and oxygen atoms in total. The lowest BCUT2D eigenvalue weighted by atomic mass is 10.1. The van der Waals surface area contributed by atoms with Gasteiger partial charge in [-0.2, -0.15) is 0 Å². The van der Waals surface area contributed by atoms with Gasteiger partial charge in [-0.15, -0.1) is 0 Å². The minimum absolute atomic E-state index is 0.0111. The van der Waals surface area contributed by atoms with Crippen molar-refractivity contribution >= 4 is 29.0 Å². The van der Waals surface area contributed by atoms with Gasteiger partial charge < -0.3 is 10.2 Å². The van der Waals surface area contributed by atoms with Crippen LogP contribution < -0.4 is 0 Å². The van der Waals surface area contributed by atoms with Crippen LogP contribution in [0.3, 0.4) is 0 Å². The summed E-state index contributed by atoms with van der Waals surface area (Å²) in [5.74, 6) is -2.23. The summed E-state index contributed by atoms with van der Waals surface area (Å²) in [5, 5.41) is 19.4. The van der Waals surface area contributed by atoms with E-state index >= 15 is 0 Å². The second-order valence-electron chi connectivity index (χ2n) is 5.33. The third-order valence-electron chi connectivity index (χ3n) is 3.67. The highest BCUT2D eigenvalue weighted by Gasteiger charge is 2.10. The molecule has 0 aliphatic heterocycles. The third kappa shape index (κ3) is 4.29. The van der Waals surface area contributed by atoms with Crippen LogP contribution in [0.15, 0.2) is 60.7 Å². The van der Waals surface area contributed by atoms with Gasteiger partial charge in [-0.05, 0) is 35.4 Å². The van der Waals surface area contributed by atoms with E-state index in [1.54, 1.807) is 6.92 Å². The zero-order valence-corrected chi connectivity index (χ0v) is 13.5. The maximum atomic E-state index is 10.6. The SMILES string of the molecule is Cc1ccc(C(=O)O)cc1C(=O)O.O=Cc1cccc2ccccc12. The highest BCUT2D eigenvalue weighted by Crippen LogP contribution is 2.16. The Labute approximate surface area is 144 Å². The molecule has 0 aromatic heterocycles. The Kier molecular flexibility index (Phi) is 5.63. The Balaban J connectivity index is 0.000000181. The van der Waals surface area contributed by atoms with Gasteiger partial charge in [0.2, 0.25) is 0 Å². The molecule has 0 saturated carbocycles. The molecule has 0 heterocycles. The number of fused-ring (bicyclic) bond motifs is 1. The number of aromatic carboxylic acids is 2. The Morgan fingerprint density at radius 2 is 1.56 bits per heavy atom. The molecule has 0 aliphatic rings. The standard InChI is InChI=1S/C11H8O.C9H8O4/c12-8-10-6-3-5-9-4-1-2-7-11(9)10;1-5-2-3-6(8(10)11)4-7(5)9(12)13/h1-8H;2-4H,1H3,(H,10,11)(H,12,13). The van der Waals surface area contributed by atoms with E-state index in [0.717, 1.165) is 28.7 Å². The van der Waals surface area contributed by atoms with Crippen molar-refractivity contribution in [2.75, 3.05) is 0 Å². The monoisotopic (exact) mass is 336 g/mol. The molecule has 0 amide bonds. The van der Waals surface area contributed by atoms with Crippen LogP contribution in [0.25, 0.3) is 10.8 Å². The molecule has 5 heteroatoms. The smallest absolute Gasteiger partial charge is 0.335 e. The van der Waals surface area contributed by atoms with Crippen molar-refractivity contribution in [2.24, 2.45) is 0 Å². The fourth-order valence-corrected chi connectivity index (χ4v) is 2.34. The van der Waals surface area contributed by atoms with Gasteiger partial charge in [-0.25, -0.2) is 9.59 Å². The lowest BCUT2D eigenvalue weighted by Crippen LogP contribution is -2.03. The largest absolute Gasteiger partial charge is 0.478 e. The average molecular weight is 336 g/mol. The van der Waals surface area contributed by atoms with Crippen molar-refractivity contribution in [1.29, 1.82) is 0 Å². The highest BCUT2D eigenvalue weighted by atomic mass is 16.4. The van der Waals surface area contributed by atoms with E-state index < -0.39 is 11.9 Å². The van der Waals surface area contributed by atoms with Crippen LogP contribution in [0, 0.1) is 6.92 Å². The number of carboxylic acids is 2. The Morgan fingerprint density at radius 3 is 2.20 bits per heavy atom. The summed E-state index contributed by atoms with van der Waals surface area (Å²) >= 11 is 0. The van der Waals surface area contributed by atoms with Crippen molar-refractivity contribution < 1.29 is 24.6 Å². The van der Waals surface area contributed by atoms with E-state index in [4.69, 9.17) is 10.2 Å². The van der Waals surface area contributed by atoms with Gasteiger partial charge in [0.05, 0.1) is 11.1 Å². The van der Waals surface area contributed by atoms with Gasteiger partial charge in [-0.3, -0.25) is 4.79 Å². The van der Waals surface area contributed by atoms with Gasteiger partial charge in [0.1, 0.15) is 0 Å². The number of rotatable bonds is 3. The summed E-state index contributed by atoms with van der Waals surface area (Å²) in [6.45, 7) is 1.62.